The van der Waals surface area contributed by atoms with Gasteiger partial charge in [0.15, 0.2) is 0 Å². The topological polar surface area (TPSA) is 25.6 Å². The molecule has 0 saturated carbocycles. The largest absolute Gasteiger partial charge is 0.491 e. The molecule has 0 saturated heterocycles. The molecule has 1 aromatic heterocycles. The maximum atomic E-state index is 6.43. The number of aryl methyl sites for hydroxylation is 2. The Bertz CT molecular complexity index is 1220. The molecule has 28 heavy (non-hydrogen) atoms. The first-order chi connectivity index (χ1) is 13.8. The maximum absolute atomic E-state index is 6.43. The molecule has 2 aliphatic heterocycles. The summed E-state index contributed by atoms with van der Waals surface area (Å²) in [5, 5.41) is 1.21. The van der Waals surface area contributed by atoms with Crippen LogP contribution in [0.1, 0.15) is 28.7 Å². The van der Waals surface area contributed by atoms with Crippen molar-refractivity contribution in [3.05, 3.63) is 82.9 Å². The van der Waals surface area contributed by atoms with Crippen molar-refractivity contribution in [2.45, 2.75) is 26.2 Å². The van der Waals surface area contributed by atoms with Gasteiger partial charge in [-0.3, -0.25) is 4.90 Å². The Kier molecular flexibility index (Phi) is 3.33. The summed E-state index contributed by atoms with van der Waals surface area (Å²) in [5.74, 6) is 1.91. The van der Waals surface area contributed by atoms with E-state index in [1.54, 1.807) is 0 Å². The Hall–Kier alpha value is -3.20. The van der Waals surface area contributed by atoms with Gasteiger partial charge < -0.3 is 9.15 Å². The number of hydrogen-bond donors (Lipinski definition) is 0. The first-order valence-corrected chi connectivity index (χ1v) is 9.94. The summed E-state index contributed by atoms with van der Waals surface area (Å²) in [6.07, 6.45) is 3.02. The molecule has 0 N–H and O–H groups in total. The minimum atomic E-state index is 0.770. The van der Waals surface area contributed by atoms with E-state index >= 15 is 0 Å². The molecule has 3 nitrogen and oxygen atoms in total. The highest BCUT2D eigenvalue weighted by molar-refractivity contribution is 5.94. The zero-order chi connectivity index (χ0) is 18.7. The second-order valence-corrected chi connectivity index (χ2v) is 7.74. The smallest absolute Gasteiger partial charge is 0.209 e. The van der Waals surface area contributed by atoms with Gasteiger partial charge in [-0.05, 0) is 55.2 Å². The summed E-state index contributed by atoms with van der Waals surface area (Å²) in [6.45, 7) is 2.90. The fraction of sp³-hybridized carbons (Fsp3) is 0.200. The zero-order valence-electron chi connectivity index (χ0n) is 15.9. The van der Waals surface area contributed by atoms with Crippen LogP contribution in [0.25, 0.3) is 11.0 Å². The first-order valence-electron chi connectivity index (χ1n) is 9.94. The molecule has 3 aromatic carbocycles. The van der Waals surface area contributed by atoms with Crippen LogP contribution < -0.4 is 9.64 Å². The summed E-state index contributed by atoms with van der Waals surface area (Å²) in [4.78, 5) is 2.26. The SMILES string of the molecule is Cc1ccc2oc3c(c2c1)Cc1ccccc1N3c1cccc2c1OCCC2. The van der Waals surface area contributed by atoms with Gasteiger partial charge in [0.2, 0.25) is 5.88 Å². The van der Waals surface area contributed by atoms with E-state index in [4.69, 9.17) is 9.15 Å². The normalized spacial score (nSPS) is 15.0. The van der Waals surface area contributed by atoms with Gasteiger partial charge in [-0.15, -0.1) is 0 Å². The van der Waals surface area contributed by atoms with Gasteiger partial charge in [-0.2, -0.15) is 0 Å². The van der Waals surface area contributed by atoms with Gasteiger partial charge in [0, 0.05) is 17.4 Å². The second kappa shape index (κ2) is 5.90. The highest BCUT2D eigenvalue weighted by atomic mass is 16.5. The Morgan fingerprint density at radius 2 is 1.75 bits per heavy atom. The van der Waals surface area contributed by atoms with Crippen molar-refractivity contribution in [3.63, 3.8) is 0 Å². The van der Waals surface area contributed by atoms with Gasteiger partial charge in [0.05, 0.1) is 18.0 Å². The van der Waals surface area contributed by atoms with Crippen LogP contribution in [0.4, 0.5) is 17.3 Å². The number of nitrogens with zero attached hydrogens (tertiary/aromatic N) is 1. The van der Waals surface area contributed by atoms with E-state index in [-0.39, 0.29) is 0 Å². The molecule has 0 radical (unpaired) electrons. The molecule has 6 rings (SSSR count). The molecular formula is C25H21NO2. The third-order valence-corrected chi connectivity index (χ3v) is 5.88. The lowest BCUT2D eigenvalue weighted by molar-refractivity contribution is 0.289. The van der Waals surface area contributed by atoms with Crippen LogP contribution in [0.2, 0.25) is 0 Å². The Morgan fingerprint density at radius 1 is 0.893 bits per heavy atom. The van der Waals surface area contributed by atoms with E-state index in [0.29, 0.717) is 0 Å². The molecule has 0 amide bonds. The minimum absolute atomic E-state index is 0.770. The van der Waals surface area contributed by atoms with Crippen molar-refractivity contribution < 1.29 is 9.15 Å². The van der Waals surface area contributed by atoms with E-state index in [9.17, 15) is 0 Å². The van der Waals surface area contributed by atoms with E-state index in [0.717, 1.165) is 48.8 Å². The third kappa shape index (κ3) is 2.22. The van der Waals surface area contributed by atoms with Crippen LogP contribution >= 0.6 is 0 Å². The van der Waals surface area contributed by atoms with Gasteiger partial charge in [0.1, 0.15) is 11.3 Å². The molecule has 0 bridgehead atoms. The molecule has 3 heteroatoms. The summed E-state index contributed by atoms with van der Waals surface area (Å²) in [5.41, 5.74) is 8.29. The van der Waals surface area contributed by atoms with Crippen molar-refractivity contribution >= 4 is 28.2 Å². The highest BCUT2D eigenvalue weighted by Crippen LogP contribution is 2.51. The van der Waals surface area contributed by atoms with Gasteiger partial charge >= 0.3 is 0 Å². The van der Waals surface area contributed by atoms with Crippen LogP contribution in [0, 0.1) is 6.92 Å². The lowest BCUT2D eigenvalue weighted by atomic mass is 9.95. The molecule has 3 heterocycles. The zero-order valence-corrected chi connectivity index (χ0v) is 15.9. The van der Waals surface area contributed by atoms with Gasteiger partial charge in [-0.25, -0.2) is 0 Å². The number of furan rings is 1. The summed E-state index contributed by atoms with van der Waals surface area (Å²) < 4.78 is 12.6. The van der Waals surface area contributed by atoms with Crippen LogP contribution in [0.15, 0.2) is 65.1 Å². The lowest BCUT2D eigenvalue weighted by Crippen LogP contribution is -2.20. The van der Waals surface area contributed by atoms with Crippen LogP contribution in [-0.2, 0) is 12.8 Å². The minimum Gasteiger partial charge on any atom is -0.491 e. The molecule has 0 spiro atoms. The van der Waals surface area contributed by atoms with Crippen LogP contribution in [0.3, 0.4) is 0 Å². The first kappa shape index (κ1) is 15.8. The monoisotopic (exact) mass is 367 g/mol. The average Bonchev–Trinajstić information content (AvgIpc) is 3.09. The molecule has 4 aromatic rings. The molecule has 2 aliphatic rings. The number of benzene rings is 3. The van der Waals surface area contributed by atoms with E-state index in [1.807, 2.05) is 0 Å². The van der Waals surface area contributed by atoms with Crippen LogP contribution in [0.5, 0.6) is 5.75 Å². The Balaban J connectivity index is 1.66. The number of anilines is 3. The Morgan fingerprint density at radius 3 is 2.71 bits per heavy atom. The molecule has 138 valence electrons. The molecule has 0 unspecified atom stereocenters. The molecule has 0 fully saturated rings. The fourth-order valence-corrected chi connectivity index (χ4v) is 4.57. The number of para-hydroxylation sites is 2. The second-order valence-electron chi connectivity index (χ2n) is 7.74. The molecule has 0 aliphatic carbocycles. The van der Waals surface area contributed by atoms with E-state index in [2.05, 4.69) is 72.5 Å². The van der Waals surface area contributed by atoms with E-state index in [1.165, 1.54) is 33.3 Å². The van der Waals surface area contributed by atoms with Gasteiger partial charge in [0.25, 0.3) is 0 Å². The highest BCUT2D eigenvalue weighted by Gasteiger charge is 2.32. The number of rotatable bonds is 1. The number of ether oxygens (including phenoxy) is 1. The van der Waals surface area contributed by atoms with Crippen molar-refractivity contribution in [2.75, 3.05) is 11.5 Å². The predicted molar refractivity (Wildman–Crippen MR) is 112 cm³/mol. The Labute approximate surface area is 164 Å². The number of fused-ring (bicyclic) bond motifs is 5. The van der Waals surface area contributed by atoms with Crippen molar-refractivity contribution in [2.24, 2.45) is 0 Å². The summed E-state index contributed by atoms with van der Waals surface area (Å²) in [6, 6.07) is 21.5. The van der Waals surface area contributed by atoms with Crippen molar-refractivity contribution in [3.8, 4) is 5.75 Å². The summed E-state index contributed by atoms with van der Waals surface area (Å²) >= 11 is 0. The lowest BCUT2D eigenvalue weighted by Gasteiger charge is -2.32. The molecule has 0 atom stereocenters. The standard InChI is InChI=1S/C25H21NO2/c1-16-11-12-23-19(14-16)20-15-18-6-2-3-9-21(18)26(25(20)28-23)22-10-4-7-17-8-5-13-27-24(17)22/h2-4,6-7,9-12,14H,5,8,13,15H2,1H3. The van der Waals surface area contributed by atoms with Crippen LogP contribution in [-0.4, -0.2) is 6.61 Å². The fourth-order valence-electron chi connectivity index (χ4n) is 4.57. The molecular weight excluding hydrogens is 346 g/mol. The maximum Gasteiger partial charge on any atom is 0.209 e. The number of hydrogen-bond acceptors (Lipinski definition) is 3. The summed E-state index contributed by atoms with van der Waals surface area (Å²) in [7, 11) is 0. The van der Waals surface area contributed by atoms with Gasteiger partial charge in [-0.1, -0.05) is 42.0 Å². The predicted octanol–water partition coefficient (Wildman–Crippen LogP) is 6.44. The quantitative estimate of drug-likeness (QED) is 0.341. The third-order valence-electron chi connectivity index (χ3n) is 5.88. The van der Waals surface area contributed by atoms with Crippen molar-refractivity contribution in [1.82, 2.24) is 0 Å². The van der Waals surface area contributed by atoms with E-state index < -0.39 is 0 Å². The average molecular weight is 367 g/mol. The van der Waals surface area contributed by atoms with Crippen molar-refractivity contribution in [1.29, 1.82) is 0 Å².